The zero-order chi connectivity index (χ0) is 19.1. The third-order valence-corrected chi connectivity index (χ3v) is 6.32. The highest BCUT2D eigenvalue weighted by molar-refractivity contribution is 7.98. The van der Waals surface area contributed by atoms with Crippen molar-refractivity contribution in [2.75, 3.05) is 5.75 Å². The minimum Gasteiger partial charge on any atom is -0.313 e. The number of carbonyl (C=O) groups is 1. The molecule has 2 aromatic carbocycles. The number of amides is 1. The number of allylic oxidation sites excluding steroid dienone is 1. The van der Waals surface area contributed by atoms with Crippen LogP contribution in [-0.2, 0) is 17.1 Å². The fraction of sp³-hybridized carbons (Fsp3) is 0.273. The molecular formula is C22H24N2OS2. The number of hydrogen-bond donors (Lipinski definition) is 0. The Kier molecular flexibility index (Phi) is 7.07. The van der Waals surface area contributed by atoms with Gasteiger partial charge in [-0.05, 0) is 42.4 Å². The summed E-state index contributed by atoms with van der Waals surface area (Å²) in [5, 5.41) is 0. The van der Waals surface area contributed by atoms with Crippen LogP contribution in [0.5, 0.6) is 0 Å². The number of hydrogen-bond acceptors (Lipinski definition) is 3. The van der Waals surface area contributed by atoms with Crippen LogP contribution in [-0.4, -0.2) is 16.2 Å². The molecule has 5 heteroatoms. The lowest BCUT2D eigenvalue weighted by Gasteiger charge is -2.02. The summed E-state index contributed by atoms with van der Waals surface area (Å²) in [5.41, 5.74) is 3.64. The first-order valence-corrected chi connectivity index (χ1v) is 11.0. The van der Waals surface area contributed by atoms with Crippen LogP contribution in [0.2, 0.25) is 0 Å². The smallest absolute Gasteiger partial charge is 0.248 e. The number of carbonyl (C=O) groups excluding carboxylic acids is 1. The van der Waals surface area contributed by atoms with Crippen molar-refractivity contribution in [2.45, 2.75) is 32.1 Å². The monoisotopic (exact) mass is 396 g/mol. The second kappa shape index (κ2) is 9.72. The normalized spacial score (nSPS) is 11.8. The summed E-state index contributed by atoms with van der Waals surface area (Å²) in [5.74, 6) is 1.91. The van der Waals surface area contributed by atoms with E-state index in [0.717, 1.165) is 32.9 Å². The summed E-state index contributed by atoms with van der Waals surface area (Å²) in [6.45, 7) is 6.56. The third kappa shape index (κ3) is 5.44. The number of aromatic nitrogens is 1. The van der Waals surface area contributed by atoms with Gasteiger partial charge in [0.2, 0.25) is 5.91 Å². The van der Waals surface area contributed by atoms with E-state index >= 15 is 0 Å². The van der Waals surface area contributed by atoms with Crippen molar-refractivity contribution in [3.05, 3.63) is 77.1 Å². The molecule has 3 aromatic rings. The van der Waals surface area contributed by atoms with Gasteiger partial charge in [-0.3, -0.25) is 4.79 Å². The van der Waals surface area contributed by atoms with Crippen LogP contribution in [0, 0.1) is 6.92 Å². The first-order chi connectivity index (χ1) is 13.2. The maximum atomic E-state index is 12.3. The molecule has 0 N–H and O–H groups in total. The van der Waals surface area contributed by atoms with E-state index in [9.17, 15) is 4.79 Å². The lowest BCUT2D eigenvalue weighted by Crippen LogP contribution is -2.16. The molecule has 0 saturated carbocycles. The Bertz CT molecular complexity index is 986. The van der Waals surface area contributed by atoms with E-state index < -0.39 is 0 Å². The van der Waals surface area contributed by atoms with Crippen molar-refractivity contribution in [3.8, 4) is 0 Å². The van der Waals surface area contributed by atoms with Gasteiger partial charge in [-0.25, -0.2) is 0 Å². The van der Waals surface area contributed by atoms with E-state index in [-0.39, 0.29) is 5.91 Å². The van der Waals surface area contributed by atoms with Gasteiger partial charge in [0.25, 0.3) is 0 Å². The van der Waals surface area contributed by atoms with Gasteiger partial charge in [0.15, 0.2) is 4.80 Å². The van der Waals surface area contributed by atoms with Gasteiger partial charge in [-0.2, -0.15) is 16.8 Å². The minimum atomic E-state index is -0.0450. The minimum absolute atomic E-state index is 0.0450. The van der Waals surface area contributed by atoms with Crippen LogP contribution in [0.15, 0.2) is 66.2 Å². The van der Waals surface area contributed by atoms with Gasteiger partial charge in [-0.1, -0.05) is 53.8 Å². The summed E-state index contributed by atoms with van der Waals surface area (Å²) in [7, 11) is 0. The van der Waals surface area contributed by atoms with Crippen LogP contribution < -0.4 is 4.80 Å². The zero-order valence-corrected chi connectivity index (χ0v) is 17.2. The molecule has 140 valence electrons. The molecule has 0 fully saturated rings. The van der Waals surface area contributed by atoms with Crippen LogP contribution in [0.3, 0.4) is 0 Å². The molecule has 1 amide bonds. The Balaban J connectivity index is 1.61. The molecule has 0 atom stereocenters. The van der Waals surface area contributed by atoms with Crippen molar-refractivity contribution in [1.82, 2.24) is 4.57 Å². The lowest BCUT2D eigenvalue weighted by molar-refractivity contribution is -0.118. The quantitative estimate of drug-likeness (QED) is 0.380. The molecular weight excluding hydrogens is 372 g/mol. The Labute approximate surface area is 168 Å². The number of rotatable bonds is 8. The van der Waals surface area contributed by atoms with Crippen molar-refractivity contribution in [3.63, 3.8) is 0 Å². The molecule has 27 heavy (non-hydrogen) atoms. The predicted octanol–water partition coefficient (Wildman–Crippen LogP) is 5.34. The average Bonchev–Trinajstić information content (AvgIpc) is 2.99. The number of thiazole rings is 1. The molecule has 3 rings (SSSR count). The molecule has 0 saturated heterocycles. The molecule has 0 spiro atoms. The first kappa shape index (κ1) is 19.6. The Morgan fingerprint density at radius 2 is 2.07 bits per heavy atom. The second-order valence-electron chi connectivity index (χ2n) is 6.40. The molecule has 0 radical (unpaired) electrons. The topological polar surface area (TPSA) is 34.4 Å². The highest BCUT2D eigenvalue weighted by Crippen LogP contribution is 2.19. The highest BCUT2D eigenvalue weighted by atomic mass is 32.2. The first-order valence-electron chi connectivity index (χ1n) is 9.07. The van der Waals surface area contributed by atoms with Crippen molar-refractivity contribution >= 4 is 39.2 Å². The van der Waals surface area contributed by atoms with Gasteiger partial charge in [0, 0.05) is 18.7 Å². The average molecular weight is 397 g/mol. The van der Waals surface area contributed by atoms with Crippen LogP contribution in [0.4, 0.5) is 0 Å². The number of benzene rings is 2. The van der Waals surface area contributed by atoms with Crippen molar-refractivity contribution < 1.29 is 4.79 Å². The Morgan fingerprint density at radius 1 is 1.26 bits per heavy atom. The van der Waals surface area contributed by atoms with Crippen LogP contribution in [0.25, 0.3) is 10.2 Å². The lowest BCUT2D eigenvalue weighted by atomic mass is 10.2. The summed E-state index contributed by atoms with van der Waals surface area (Å²) in [4.78, 5) is 17.5. The predicted molar refractivity (Wildman–Crippen MR) is 117 cm³/mol. The Hall–Kier alpha value is -2.11. The standard InChI is InChI=1S/C22H24N2OS2/c1-3-13-24-19-12-11-17(2)15-20(19)27-22(24)23-21(25)10-7-14-26-16-18-8-5-4-6-9-18/h3-6,8-9,11-12,15H,1,7,10,13-14,16H2,2H3. The molecule has 3 nitrogen and oxygen atoms in total. The number of thioether (sulfide) groups is 1. The fourth-order valence-electron chi connectivity index (χ4n) is 2.82. The molecule has 0 aliphatic carbocycles. The fourth-order valence-corrected chi connectivity index (χ4v) is 4.90. The molecule has 0 unspecified atom stereocenters. The van der Waals surface area contributed by atoms with Crippen molar-refractivity contribution in [2.24, 2.45) is 4.99 Å². The summed E-state index contributed by atoms with van der Waals surface area (Å²) in [6.07, 6.45) is 3.18. The van der Waals surface area contributed by atoms with Gasteiger partial charge in [0.05, 0.1) is 10.2 Å². The highest BCUT2D eigenvalue weighted by Gasteiger charge is 2.07. The molecule has 0 aliphatic rings. The number of fused-ring (bicyclic) bond motifs is 1. The van der Waals surface area contributed by atoms with Gasteiger partial charge in [-0.15, -0.1) is 6.58 Å². The Morgan fingerprint density at radius 3 is 2.85 bits per heavy atom. The SMILES string of the molecule is C=CCn1c(=NC(=O)CCCSCc2ccccc2)sc2cc(C)ccc21. The van der Waals surface area contributed by atoms with Gasteiger partial charge >= 0.3 is 0 Å². The van der Waals surface area contributed by atoms with E-state index in [0.29, 0.717) is 13.0 Å². The molecule has 1 heterocycles. The zero-order valence-electron chi connectivity index (χ0n) is 15.6. The van der Waals surface area contributed by atoms with E-state index in [1.807, 2.05) is 23.9 Å². The largest absolute Gasteiger partial charge is 0.313 e. The third-order valence-electron chi connectivity index (χ3n) is 4.16. The maximum absolute atomic E-state index is 12.3. The molecule has 0 bridgehead atoms. The summed E-state index contributed by atoms with van der Waals surface area (Å²) in [6, 6.07) is 16.7. The summed E-state index contributed by atoms with van der Waals surface area (Å²) < 4.78 is 3.22. The number of nitrogens with zero attached hydrogens (tertiary/aromatic N) is 2. The number of aryl methyl sites for hydroxylation is 1. The van der Waals surface area contributed by atoms with E-state index in [2.05, 4.69) is 65.5 Å². The second-order valence-corrected chi connectivity index (χ2v) is 8.52. The summed E-state index contributed by atoms with van der Waals surface area (Å²) >= 11 is 3.43. The molecule has 0 aliphatic heterocycles. The van der Waals surface area contributed by atoms with Crippen LogP contribution in [0.1, 0.15) is 24.0 Å². The van der Waals surface area contributed by atoms with E-state index in [1.165, 1.54) is 11.1 Å². The van der Waals surface area contributed by atoms with E-state index in [4.69, 9.17) is 0 Å². The maximum Gasteiger partial charge on any atom is 0.248 e. The van der Waals surface area contributed by atoms with Crippen LogP contribution >= 0.6 is 23.1 Å². The van der Waals surface area contributed by atoms with Gasteiger partial charge in [0.1, 0.15) is 0 Å². The van der Waals surface area contributed by atoms with Gasteiger partial charge < -0.3 is 4.57 Å². The van der Waals surface area contributed by atoms with Crippen molar-refractivity contribution in [1.29, 1.82) is 0 Å². The van der Waals surface area contributed by atoms with E-state index in [1.54, 1.807) is 11.3 Å². The molecule has 1 aromatic heterocycles.